The van der Waals surface area contributed by atoms with Gasteiger partial charge in [0, 0.05) is 35.6 Å². The molecule has 1 aromatic rings. The van der Waals surface area contributed by atoms with E-state index in [9.17, 15) is 9.59 Å². The van der Waals surface area contributed by atoms with E-state index >= 15 is 0 Å². The second-order valence-corrected chi connectivity index (χ2v) is 9.02. The predicted molar refractivity (Wildman–Crippen MR) is 102 cm³/mol. The van der Waals surface area contributed by atoms with Crippen LogP contribution in [0.15, 0.2) is 33.7 Å². The number of nitrogens with zero attached hydrogens (tertiary/aromatic N) is 3. The first-order valence-electron chi connectivity index (χ1n) is 9.52. The van der Waals surface area contributed by atoms with Gasteiger partial charge < -0.3 is 4.90 Å². The van der Waals surface area contributed by atoms with E-state index in [0.29, 0.717) is 18.4 Å². The number of benzene rings is 1. The summed E-state index contributed by atoms with van der Waals surface area (Å²) in [4.78, 5) is 34.0. The van der Waals surface area contributed by atoms with Gasteiger partial charge in [-0.15, -0.1) is 0 Å². The van der Waals surface area contributed by atoms with Crippen molar-refractivity contribution in [1.82, 2.24) is 9.80 Å². The fraction of sp³-hybridized carbons (Fsp3) is 0.550. The van der Waals surface area contributed by atoms with Gasteiger partial charge >= 0.3 is 0 Å². The highest BCUT2D eigenvalue weighted by Crippen LogP contribution is 2.46. The van der Waals surface area contributed by atoms with E-state index in [2.05, 4.69) is 15.9 Å². The summed E-state index contributed by atoms with van der Waals surface area (Å²) in [7, 11) is 0. The maximum Gasteiger partial charge on any atom is 0.256 e. The summed E-state index contributed by atoms with van der Waals surface area (Å²) in [5.41, 5.74) is 0.513. The minimum absolute atomic E-state index is 0.155. The van der Waals surface area contributed by atoms with Crippen LogP contribution in [-0.4, -0.2) is 52.6 Å². The zero-order valence-electron chi connectivity index (χ0n) is 14.7. The number of halogens is 1. The minimum atomic E-state index is -0.482. The summed E-state index contributed by atoms with van der Waals surface area (Å²) in [5, 5.41) is 0. The molecule has 6 heteroatoms. The van der Waals surface area contributed by atoms with Crippen molar-refractivity contribution in [3.8, 4) is 0 Å². The number of carbonyl (C=O) groups is 2. The Morgan fingerprint density at radius 1 is 1.19 bits per heavy atom. The smallest absolute Gasteiger partial charge is 0.256 e. The molecule has 4 aliphatic rings. The van der Waals surface area contributed by atoms with E-state index in [-0.39, 0.29) is 11.8 Å². The lowest BCUT2D eigenvalue weighted by molar-refractivity contribution is -0.131. The molecule has 2 heterocycles. The number of amides is 2. The molecule has 2 amide bonds. The predicted octanol–water partition coefficient (Wildman–Crippen LogP) is 2.83. The Kier molecular flexibility index (Phi) is 3.75. The first-order chi connectivity index (χ1) is 12.6. The highest BCUT2D eigenvalue weighted by molar-refractivity contribution is 9.10. The molecule has 1 aromatic carbocycles. The van der Waals surface area contributed by atoms with Crippen LogP contribution in [0, 0.1) is 11.8 Å². The number of rotatable bonds is 4. The number of likely N-dealkylation sites (tertiary alicyclic amines) is 1. The maximum atomic E-state index is 13.0. The van der Waals surface area contributed by atoms with Gasteiger partial charge in [0.15, 0.2) is 0 Å². The van der Waals surface area contributed by atoms with Crippen LogP contribution in [0.2, 0.25) is 0 Å². The summed E-state index contributed by atoms with van der Waals surface area (Å²) in [6.45, 7) is 2.28. The Hall–Kier alpha value is -1.69. The third-order valence-corrected chi connectivity index (χ3v) is 6.54. The molecule has 0 bridgehead atoms. The van der Waals surface area contributed by atoms with E-state index < -0.39 is 5.54 Å². The van der Waals surface area contributed by atoms with Gasteiger partial charge in [-0.25, -0.2) is 0 Å². The van der Waals surface area contributed by atoms with Crippen molar-refractivity contribution in [1.29, 1.82) is 0 Å². The summed E-state index contributed by atoms with van der Waals surface area (Å²) in [6, 6.07) is 8.01. The topological polar surface area (TPSA) is 53.0 Å². The van der Waals surface area contributed by atoms with Crippen molar-refractivity contribution in [3.05, 3.63) is 34.3 Å². The van der Waals surface area contributed by atoms with Crippen LogP contribution < -0.4 is 0 Å². The van der Waals surface area contributed by atoms with Crippen molar-refractivity contribution < 1.29 is 9.59 Å². The molecule has 1 atom stereocenters. The molecule has 2 aliphatic carbocycles. The number of carbonyl (C=O) groups excluding carboxylic acids is 2. The average molecular weight is 416 g/mol. The SMILES string of the molecule is O=C(C1CC1)N1CC[C@H](CN2C(=O)C3(CC3)N=C2c2ccc(Br)cc2)C1. The zero-order valence-corrected chi connectivity index (χ0v) is 16.2. The summed E-state index contributed by atoms with van der Waals surface area (Å²) < 4.78 is 1.02. The molecule has 0 N–H and O–H groups in total. The highest BCUT2D eigenvalue weighted by Gasteiger charge is 2.57. The molecular weight excluding hydrogens is 394 g/mol. The van der Waals surface area contributed by atoms with Crippen LogP contribution in [0.25, 0.3) is 0 Å². The van der Waals surface area contributed by atoms with Crippen molar-refractivity contribution in [2.45, 2.75) is 37.6 Å². The van der Waals surface area contributed by atoms with E-state index in [1.165, 1.54) is 0 Å². The average Bonchev–Trinajstić information content (AvgIpc) is 3.55. The molecule has 0 aromatic heterocycles. The van der Waals surface area contributed by atoms with Crippen LogP contribution in [0.4, 0.5) is 0 Å². The Balaban J connectivity index is 1.34. The minimum Gasteiger partial charge on any atom is -0.342 e. The van der Waals surface area contributed by atoms with Crippen molar-refractivity contribution >= 4 is 33.6 Å². The molecule has 5 rings (SSSR count). The van der Waals surface area contributed by atoms with Gasteiger partial charge in [-0.3, -0.25) is 19.5 Å². The van der Waals surface area contributed by atoms with Crippen LogP contribution >= 0.6 is 15.9 Å². The largest absolute Gasteiger partial charge is 0.342 e. The lowest BCUT2D eigenvalue weighted by Crippen LogP contribution is -2.40. The monoisotopic (exact) mass is 415 g/mol. The molecule has 0 unspecified atom stereocenters. The Morgan fingerprint density at radius 3 is 2.58 bits per heavy atom. The van der Waals surface area contributed by atoms with Gasteiger partial charge in [-0.05, 0) is 50.2 Å². The van der Waals surface area contributed by atoms with Gasteiger partial charge in [0.1, 0.15) is 11.4 Å². The van der Waals surface area contributed by atoms with E-state index in [1.807, 2.05) is 34.1 Å². The Morgan fingerprint density at radius 2 is 1.92 bits per heavy atom. The third kappa shape index (κ3) is 2.79. The summed E-state index contributed by atoms with van der Waals surface area (Å²) in [5.74, 6) is 1.91. The summed E-state index contributed by atoms with van der Waals surface area (Å²) >= 11 is 3.47. The normalized spacial score (nSPS) is 26.6. The molecule has 1 saturated heterocycles. The lowest BCUT2D eigenvalue weighted by Gasteiger charge is -2.23. The second-order valence-electron chi connectivity index (χ2n) is 8.10. The quantitative estimate of drug-likeness (QED) is 0.758. The molecule has 1 spiro atoms. The fourth-order valence-electron chi connectivity index (χ4n) is 4.12. The molecule has 136 valence electrons. The van der Waals surface area contributed by atoms with Crippen LogP contribution in [0.3, 0.4) is 0 Å². The van der Waals surface area contributed by atoms with Crippen molar-refractivity contribution in [2.24, 2.45) is 16.8 Å². The number of hydrogen-bond donors (Lipinski definition) is 0. The Labute approximate surface area is 161 Å². The van der Waals surface area contributed by atoms with Gasteiger partial charge in [-0.2, -0.15) is 0 Å². The van der Waals surface area contributed by atoms with Crippen LogP contribution in [0.1, 0.15) is 37.7 Å². The molecule has 2 aliphatic heterocycles. The molecule has 2 saturated carbocycles. The zero-order chi connectivity index (χ0) is 17.9. The van der Waals surface area contributed by atoms with Gasteiger partial charge in [0.2, 0.25) is 5.91 Å². The lowest BCUT2D eigenvalue weighted by atomic mass is 10.1. The van der Waals surface area contributed by atoms with Gasteiger partial charge in [0.25, 0.3) is 5.91 Å². The van der Waals surface area contributed by atoms with Gasteiger partial charge in [-0.1, -0.05) is 28.1 Å². The first kappa shape index (κ1) is 16.5. The van der Waals surface area contributed by atoms with E-state index in [1.54, 1.807) is 0 Å². The van der Waals surface area contributed by atoms with Crippen molar-refractivity contribution in [3.63, 3.8) is 0 Å². The highest BCUT2D eigenvalue weighted by atomic mass is 79.9. The van der Waals surface area contributed by atoms with Crippen LogP contribution in [0.5, 0.6) is 0 Å². The number of aliphatic imine (C=N–C) groups is 1. The summed E-state index contributed by atoms with van der Waals surface area (Å²) in [6.07, 6.45) is 4.79. The standard InChI is InChI=1S/C20H22BrN3O2/c21-16-5-3-14(4-6-16)17-22-20(8-9-20)19(26)24(17)12-13-7-10-23(11-13)18(25)15-1-2-15/h3-6,13,15H,1-2,7-12H2/t13-/m0/s1. The van der Waals surface area contributed by atoms with E-state index in [0.717, 1.165) is 61.1 Å². The maximum absolute atomic E-state index is 13.0. The van der Waals surface area contributed by atoms with E-state index in [4.69, 9.17) is 4.99 Å². The fourth-order valence-corrected chi connectivity index (χ4v) is 4.38. The van der Waals surface area contributed by atoms with Crippen molar-refractivity contribution in [2.75, 3.05) is 19.6 Å². The number of amidine groups is 1. The first-order valence-corrected chi connectivity index (χ1v) is 10.3. The van der Waals surface area contributed by atoms with Gasteiger partial charge in [0.05, 0.1) is 0 Å². The Bertz CT molecular complexity index is 796. The molecule has 5 nitrogen and oxygen atoms in total. The van der Waals surface area contributed by atoms with Crippen LogP contribution in [-0.2, 0) is 9.59 Å². The number of hydrogen-bond acceptors (Lipinski definition) is 3. The molecule has 3 fully saturated rings. The molecular formula is C20H22BrN3O2. The molecule has 26 heavy (non-hydrogen) atoms. The molecule has 0 radical (unpaired) electrons. The second kappa shape index (κ2) is 5.91. The third-order valence-electron chi connectivity index (χ3n) is 6.01.